The molecule has 18 heavy (non-hydrogen) atoms. The van der Waals surface area contributed by atoms with Crippen molar-refractivity contribution in [3.05, 3.63) is 18.2 Å². The fraction of sp³-hybridized carbons (Fsp3) is 0.600. The van der Waals surface area contributed by atoms with Crippen molar-refractivity contribution >= 4 is 11.4 Å². The van der Waals surface area contributed by atoms with Crippen LogP contribution in [0.1, 0.15) is 40.5 Å². The predicted octanol–water partition coefficient (Wildman–Crippen LogP) is 3.90. The second kappa shape index (κ2) is 7.14. The van der Waals surface area contributed by atoms with Crippen molar-refractivity contribution in [2.24, 2.45) is 5.92 Å². The minimum atomic E-state index is 0.140. The van der Waals surface area contributed by atoms with E-state index in [4.69, 9.17) is 10.5 Å². The molecule has 3 heteroatoms. The maximum absolute atomic E-state index is 6.11. The highest BCUT2D eigenvalue weighted by atomic mass is 16.5. The minimum absolute atomic E-state index is 0.140. The number of ether oxygens (including phenoxy) is 1. The molecule has 0 saturated carbocycles. The van der Waals surface area contributed by atoms with Gasteiger partial charge in [-0.3, -0.25) is 0 Å². The molecule has 0 aliphatic carbocycles. The van der Waals surface area contributed by atoms with E-state index < -0.39 is 0 Å². The van der Waals surface area contributed by atoms with Gasteiger partial charge in [-0.05, 0) is 31.9 Å². The van der Waals surface area contributed by atoms with Crippen LogP contribution in [0.15, 0.2) is 18.2 Å². The SMILES string of the molecule is CCC(CC)CNc1cccc(OC(C)C)c1N. The molecular formula is C15H26N2O. The lowest BCUT2D eigenvalue weighted by Gasteiger charge is -2.18. The van der Waals surface area contributed by atoms with E-state index >= 15 is 0 Å². The van der Waals surface area contributed by atoms with E-state index in [0.29, 0.717) is 11.6 Å². The highest BCUT2D eigenvalue weighted by Gasteiger charge is 2.09. The molecule has 102 valence electrons. The van der Waals surface area contributed by atoms with Crippen LogP contribution >= 0.6 is 0 Å². The Kier molecular flexibility index (Phi) is 5.83. The number of nitrogens with one attached hydrogen (secondary N) is 1. The topological polar surface area (TPSA) is 47.3 Å². The third-order valence-electron chi connectivity index (χ3n) is 3.16. The molecule has 0 amide bonds. The van der Waals surface area contributed by atoms with Gasteiger partial charge in [0.2, 0.25) is 0 Å². The highest BCUT2D eigenvalue weighted by Crippen LogP contribution is 2.30. The molecule has 0 aliphatic heterocycles. The summed E-state index contributed by atoms with van der Waals surface area (Å²) in [4.78, 5) is 0. The van der Waals surface area contributed by atoms with Crippen LogP contribution in [0.4, 0.5) is 11.4 Å². The van der Waals surface area contributed by atoms with E-state index in [1.165, 1.54) is 12.8 Å². The van der Waals surface area contributed by atoms with Gasteiger partial charge >= 0.3 is 0 Å². The number of hydrogen-bond acceptors (Lipinski definition) is 3. The zero-order chi connectivity index (χ0) is 13.5. The van der Waals surface area contributed by atoms with Crippen molar-refractivity contribution in [2.45, 2.75) is 46.6 Å². The van der Waals surface area contributed by atoms with E-state index in [9.17, 15) is 0 Å². The van der Waals surface area contributed by atoms with Crippen LogP contribution in [-0.4, -0.2) is 12.6 Å². The molecule has 0 spiro atoms. The Labute approximate surface area is 111 Å². The van der Waals surface area contributed by atoms with Gasteiger partial charge in [0.1, 0.15) is 5.75 Å². The number of nitrogens with two attached hydrogens (primary N) is 1. The molecule has 0 saturated heterocycles. The Bertz CT molecular complexity index is 360. The molecule has 0 radical (unpaired) electrons. The Morgan fingerprint density at radius 3 is 2.44 bits per heavy atom. The molecule has 3 N–H and O–H groups in total. The second-order valence-corrected chi connectivity index (χ2v) is 4.95. The first-order valence-corrected chi connectivity index (χ1v) is 6.87. The molecular weight excluding hydrogens is 224 g/mol. The van der Waals surface area contributed by atoms with Gasteiger partial charge in [-0.15, -0.1) is 0 Å². The molecule has 3 nitrogen and oxygen atoms in total. The predicted molar refractivity (Wildman–Crippen MR) is 79.2 cm³/mol. The number of para-hydroxylation sites is 1. The van der Waals surface area contributed by atoms with Gasteiger partial charge in [0, 0.05) is 6.54 Å². The average molecular weight is 250 g/mol. The third kappa shape index (κ3) is 4.13. The van der Waals surface area contributed by atoms with Crippen LogP contribution in [0.5, 0.6) is 5.75 Å². The van der Waals surface area contributed by atoms with Gasteiger partial charge in [0.15, 0.2) is 0 Å². The maximum atomic E-state index is 6.11. The van der Waals surface area contributed by atoms with Crippen molar-refractivity contribution in [3.63, 3.8) is 0 Å². The van der Waals surface area contributed by atoms with E-state index in [0.717, 1.165) is 18.0 Å². The maximum Gasteiger partial charge on any atom is 0.144 e. The Balaban J connectivity index is 2.71. The summed E-state index contributed by atoms with van der Waals surface area (Å²) in [6.07, 6.45) is 2.51. The summed E-state index contributed by atoms with van der Waals surface area (Å²) in [7, 11) is 0. The van der Waals surface area contributed by atoms with Crippen molar-refractivity contribution in [1.29, 1.82) is 0 Å². The summed E-state index contributed by atoms with van der Waals surface area (Å²) in [5.41, 5.74) is 7.79. The van der Waals surface area contributed by atoms with Crippen LogP contribution in [-0.2, 0) is 0 Å². The fourth-order valence-corrected chi connectivity index (χ4v) is 1.89. The largest absolute Gasteiger partial charge is 0.489 e. The lowest BCUT2D eigenvalue weighted by Crippen LogP contribution is -2.14. The zero-order valence-corrected chi connectivity index (χ0v) is 12.0. The van der Waals surface area contributed by atoms with Crippen LogP contribution in [0, 0.1) is 5.92 Å². The fourth-order valence-electron chi connectivity index (χ4n) is 1.89. The normalized spacial score (nSPS) is 11.0. The summed E-state index contributed by atoms with van der Waals surface area (Å²) in [5.74, 6) is 1.46. The quantitative estimate of drug-likeness (QED) is 0.721. The molecule has 1 aromatic rings. The number of rotatable bonds is 7. The summed E-state index contributed by atoms with van der Waals surface area (Å²) >= 11 is 0. The summed E-state index contributed by atoms with van der Waals surface area (Å²) < 4.78 is 5.68. The Morgan fingerprint density at radius 2 is 1.89 bits per heavy atom. The minimum Gasteiger partial charge on any atom is -0.489 e. The van der Waals surface area contributed by atoms with E-state index in [2.05, 4.69) is 19.2 Å². The second-order valence-electron chi connectivity index (χ2n) is 4.95. The molecule has 0 aliphatic rings. The van der Waals surface area contributed by atoms with Crippen molar-refractivity contribution < 1.29 is 4.74 Å². The van der Waals surface area contributed by atoms with Gasteiger partial charge in [-0.25, -0.2) is 0 Å². The van der Waals surface area contributed by atoms with Gasteiger partial charge in [0.25, 0.3) is 0 Å². The van der Waals surface area contributed by atoms with Crippen LogP contribution in [0.3, 0.4) is 0 Å². The molecule has 0 atom stereocenters. The van der Waals surface area contributed by atoms with Gasteiger partial charge < -0.3 is 15.8 Å². The van der Waals surface area contributed by atoms with Crippen LogP contribution in [0.25, 0.3) is 0 Å². The van der Waals surface area contributed by atoms with Gasteiger partial charge in [0.05, 0.1) is 17.5 Å². The molecule has 0 unspecified atom stereocenters. The summed E-state index contributed by atoms with van der Waals surface area (Å²) in [6.45, 7) is 9.41. The number of benzene rings is 1. The molecule has 0 bridgehead atoms. The molecule has 0 fully saturated rings. The lowest BCUT2D eigenvalue weighted by molar-refractivity contribution is 0.244. The summed E-state index contributed by atoms with van der Waals surface area (Å²) in [6, 6.07) is 5.89. The number of anilines is 2. The molecule has 1 aromatic carbocycles. The standard InChI is InChI=1S/C15H26N2O/c1-5-12(6-2)10-17-13-8-7-9-14(15(13)16)18-11(3)4/h7-9,11-12,17H,5-6,10,16H2,1-4H3. The monoisotopic (exact) mass is 250 g/mol. The highest BCUT2D eigenvalue weighted by molar-refractivity contribution is 5.72. The van der Waals surface area contributed by atoms with Crippen molar-refractivity contribution in [1.82, 2.24) is 0 Å². The molecule has 0 heterocycles. The van der Waals surface area contributed by atoms with E-state index in [1.807, 2.05) is 32.0 Å². The van der Waals surface area contributed by atoms with Crippen molar-refractivity contribution in [2.75, 3.05) is 17.6 Å². The zero-order valence-electron chi connectivity index (χ0n) is 12.0. The van der Waals surface area contributed by atoms with Gasteiger partial charge in [-0.2, -0.15) is 0 Å². The van der Waals surface area contributed by atoms with Crippen LogP contribution in [0.2, 0.25) is 0 Å². The van der Waals surface area contributed by atoms with E-state index in [1.54, 1.807) is 0 Å². The van der Waals surface area contributed by atoms with E-state index in [-0.39, 0.29) is 6.10 Å². The van der Waals surface area contributed by atoms with Crippen molar-refractivity contribution in [3.8, 4) is 5.75 Å². The number of hydrogen-bond donors (Lipinski definition) is 2. The summed E-state index contributed by atoms with van der Waals surface area (Å²) in [5, 5.41) is 3.42. The molecule has 0 aromatic heterocycles. The first kappa shape index (κ1) is 14.7. The third-order valence-corrected chi connectivity index (χ3v) is 3.16. The lowest BCUT2D eigenvalue weighted by atomic mass is 10.0. The number of nitrogen functional groups attached to an aromatic ring is 1. The van der Waals surface area contributed by atoms with Gasteiger partial charge in [-0.1, -0.05) is 32.8 Å². The Hall–Kier alpha value is -1.38. The first-order chi connectivity index (χ1) is 8.58. The average Bonchev–Trinajstić information content (AvgIpc) is 2.34. The molecule has 1 rings (SSSR count). The van der Waals surface area contributed by atoms with Crippen LogP contribution < -0.4 is 15.8 Å². The Morgan fingerprint density at radius 1 is 1.22 bits per heavy atom. The smallest absolute Gasteiger partial charge is 0.144 e. The first-order valence-electron chi connectivity index (χ1n) is 6.87.